The van der Waals surface area contributed by atoms with Crippen molar-refractivity contribution in [2.45, 2.75) is 68.8 Å². The van der Waals surface area contributed by atoms with Gasteiger partial charge in [-0.1, -0.05) is 0 Å². The van der Waals surface area contributed by atoms with Crippen molar-refractivity contribution < 1.29 is 59.9 Å². The number of nitrogens with zero attached hydrogens (tertiary/aromatic N) is 2. The van der Waals surface area contributed by atoms with Crippen LogP contribution in [0.25, 0.3) is 0 Å². The Morgan fingerprint density at radius 2 is 1.50 bits per heavy atom. The maximum absolute atomic E-state index is 11.7. The van der Waals surface area contributed by atoms with Crippen molar-refractivity contribution in [1.29, 1.82) is 0 Å². The van der Waals surface area contributed by atoms with E-state index in [2.05, 4.69) is 14.5 Å². The molecule has 1 N–H and O–H groups in total. The minimum Gasteiger partial charge on any atom is -1.00 e. The molecule has 5 unspecified atom stereocenters. The van der Waals surface area contributed by atoms with Crippen LogP contribution in [0.5, 0.6) is 0 Å². The van der Waals surface area contributed by atoms with Crippen LogP contribution in [0.2, 0.25) is 0 Å². The summed E-state index contributed by atoms with van der Waals surface area (Å²) in [5.74, 6) is -1.46. The Morgan fingerprint density at radius 3 is 2.10 bits per heavy atom. The number of carbonyl (C=O) groups excluding carboxylic acids is 3. The molecule has 4 saturated heterocycles. The summed E-state index contributed by atoms with van der Waals surface area (Å²) in [6.07, 6.45) is 4.74. The maximum atomic E-state index is 11.7. The first kappa shape index (κ1) is 27.6. The number of aliphatic hydroxyl groups is 1. The van der Waals surface area contributed by atoms with Crippen molar-refractivity contribution >= 4 is 26.1 Å². The predicted molar refractivity (Wildman–Crippen MR) is 107 cm³/mol. The Morgan fingerprint density at radius 1 is 0.967 bits per heavy atom. The molecule has 0 aromatic heterocycles. The van der Waals surface area contributed by atoms with Crippen LogP contribution in [0.15, 0.2) is 0 Å². The molecule has 30 heavy (non-hydrogen) atoms. The Labute approximate surface area is 204 Å². The second-order valence-corrected chi connectivity index (χ2v) is 8.45. The van der Waals surface area contributed by atoms with Crippen LogP contribution in [0, 0.1) is 11.8 Å². The zero-order chi connectivity index (χ0) is 20.6. The van der Waals surface area contributed by atoms with Gasteiger partial charge in [0.25, 0.3) is 0 Å². The van der Waals surface area contributed by atoms with Crippen LogP contribution in [0.4, 0.5) is 0 Å². The van der Waals surface area contributed by atoms with E-state index >= 15 is 0 Å². The van der Waals surface area contributed by atoms with Gasteiger partial charge < -0.3 is 16.0 Å². The van der Waals surface area contributed by atoms with Gasteiger partial charge in [-0.2, -0.15) is 0 Å². The van der Waals surface area contributed by atoms with Gasteiger partial charge in [-0.25, -0.2) is 0 Å². The van der Waals surface area contributed by atoms with Crippen molar-refractivity contribution in [2.75, 3.05) is 28.3 Å². The minimum atomic E-state index is -0.538. The molecule has 10 heteroatoms. The summed E-state index contributed by atoms with van der Waals surface area (Å²) in [4.78, 5) is 39.0. The van der Waals surface area contributed by atoms with Gasteiger partial charge in [-0.15, -0.1) is 0 Å². The summed E-state index contributed by atoms with van der Waals surface area (Å²) >= 11 is 0. The maximum Gasteiger partial charge on any atom is 1.00 e. The first-order valence-corrected chi connectivity index (χ1v) is 10.1. The smallest absolute Gasteiger partial charge is 1.00 e. The number of ketones is 1. The van der Waals surface area contributed by atoms with E-state index in [4.69, 9.17) is 4.74 Å². The topological polar surface area (TPSA) is 96.4 Å². The number of rotatable bonds is 2. The summed E-state index contributed by atoms with van der Waals surface area (Å²) in [6.45, 7) is 0. The van der Waals surface area contributed by atoms with Gasteiger partial charge in [0.05, 0.1) is 26.2 Å². The fraction of sp³-hybridized carbons (Fsp3) is 0.850. The molecular formula is C20H33BN2NaO6. The summed E-state index contributed by atoms with van der Waals surface area (Å²) in [5.41, 5.74) is 0. The van der Waals surface area contributed by atoms with Crippen molar-refractivity contribution in [2.24, 2.45) is 11.8 Å². The molecule has 0 spiro atoms. The molecule has 4 fully saturated rings. The van der Waals surface area contributed by atoms with E-state index in [1.807, 2.05) is 14.1 Å². The van der Waals surface area contributed by atoms with Gasteiger partial charge in [0.2, 0.25) is 0 Å². The van der Waals surface area contributed by atoms with Crippen LogP contribution in [-0.4, -0.2) is 99.6 Å². The average molecular weight is 431 g/mol. The second-order valence-electron chi connectivity index (χ2n) is 8.45. The van der Waals surface area contributed by atoms with Crippen LogP contribution in [0.3, 0.4) is 0 Å². The molecule has 8 nitrogen and oxygen atoms in total. The van der Waals surface area contributed by atoms with Crippen molar-refractivity contribution in [3.63, 3.8) is 0 Å². The molecule has 4 bridgehead atoms. The van der Waals surface area contributed by atoms with Crippen molar-refractivity contribution in [3.8, 4) is 0 Å². The quantitative estimate of drug-likeness (QED) is 0.280. The summed E-state index contributed by atoms with van der Waals surface area (Å²) in [7, 11) is 6.75. The van der Waals surface area contributed by atoms with E-state index in [-0.39, 0.29) is 75.1 Å². The Bertz CT molecular complexity index is 645. The molecule has 4 rings (SSSR count). The average Bonchev–Trinajstić information content (AvgIpc) is 3.05. The van der Waals surface area contributed by atoms with Crippen LogP contribution >= 0.6 is 0 Å². The molecule has 4 aliphatic rings. The standard InChI is InChI=1S/C10H17NO3.C10H15NO3.B.Na.H/c2*1-11-6-3-4-7(11)9(8(12)5-6)10(13)14-2;;;/h6-9,12H,3-5H2,1-2H3;6-7,9H,3-5H2,1-2H3;;;/q;;;+1;-1/t6-,7?,8?,9?;6-,7?,9?;;;/m11.../s1. The number of aliphatic hydroxyl groups excluding tert-OH is 1. The van der Waals surface area contributed by atoms with E-state index in [0.29, 0.717) is 24.9 Å². The van der Waals surface area contributed by atoms with Crippen LogP contribution in [0.1, 0.15) is 40.0 Å². The molecule has 0 saturated carbocycles. The molecule has 163 valence electrons. The van der Waals surface area contributed by atoms with Crippen molar-refractivity contribution in [3.05, 3.63) is 0 Å². The number of carbonyl (C=O) groups is 3. The summed E-state index contributed by atoms with van der Waals surface area (Å²) in [5, 5.41) is 9.84. The molecule has 0 aromatic carbocycles. The van der Waals surface area contributed by atoms with Gasteiger partial charge in [-0.3, -0.25) is 24.2 Å². The SMILES string of the molecule is COC(=O)C1C(=O)C[C@H]2CCC1N2C.COC(=O)C1C(O)C[C@H]2CCC1N2C.[B].[H-].[Na+]. The van der Waals surface area contributed by atoms with Gasteiger partial charge in [0, 0.05) is 39.0 Å². The fourth-order valence-electron chi connectivity index (χ4n) is 5.57. The first-order chi connectivity index (χ1) is 13.3. The number of methoxy groups -OCH3 is 2. The molecule has 4 heterocycles. The van der Waals surface area contributed by atoms with E-state index in [1.54, 1.807) is 0 Å². The molecule has 7 atom stereocenters. The van der Waals surface area contributed by atoms with Gasteiger partial charge in [0.15, 0.2) is 0 Å². The third-order valence-electron chi connectivity index (χ3n) is 7.23. The number of piperidine rings is 2. The zero-order valence-electron chi connectivity index (χ0n) is 19.7. The molecule has 4 aliphatic heterocycles. The monoisotopic (exact) mass is 431 g/mol. The molecule has 0 aliphatic carbocycles. The Kier molecular flexibility index (Phi) is 10.5. The Hall–Kier alpha value is -0.445. The van der Waals surface area contributed by atoms with Gasteiger partial charge in [-0.05, 0) is 46.2 Å². The minimum absolute atomic E-state index is 0. The normalized spacial score (nSPS) is 37.2. The van der Waals surface area contributed by atoms with Gasteiger partial charge >= 0.3 is 41.5 Å². The molecule has 3 radical (unpaired) electrons. The first-order valence-electron chi connectivity index (χ1n) is 10.1. The predicted octanol–water partition coefficient (Wildman–Crippen LogP) is -3.05. The summed E-state index contributed by atoms with van der Waals surface area (Å²) < 4.78 is 9.41. The summed E-state index contributed by atoms with van der Waals surface area (Å²) in [6, 6.07) is 1.06. The van der Waals surface area contributed by atoms with Gasteiger partial charge in [0.1, 0.15) is 11.7 Å². The number of Topliss-reactive ketones (excluding diaryl/α,β-unsaturated/α-hetero) is 1. The number of hydrogen-bond acceptors (Lipinski definition) is 8. The third-order valence-corrected chi connectivity index (χ3v) is 7.23. The number of ether oxygens (including phenoxy) is 2. The third kappa shape index (κ3) is 5.13. The van der Waals surface area contributed by atoms with E-state index in [9.17, 15) is 19.5 Å². The van der Waals surface area contributed by atoms with Crippen LogP contribution < -0.4 is 29.6 Å². The largest absolute Gasteiger partial charge is 1.00 e. The molecule has 0 aromatic rings. The number of hydrogen-bond donors (Lipinski definition) is 1. The number of esters is 2. The van der Waals surface area contributed by atoms with E-state index in [0.717, 1.165) is 25.7 Å². The zero-order valence-corrected chi connectivity index (χ0v) is 20.7. The van der Waals surface area contributed by atoms with E-state index < -0.39 is 12.0 Å². The molecule has 0 amide bonds. The second kappa shape index (κ2) is 11.4. The van der Waals surface area contributed by atoms with Crippen LogP contribution in [-0.2, 0) is 23.9 Å². The fourth-order valence-corrected chi connectivity index (χ4v) is 5.57. The van der Waals surface area contributed by atoms with Crippen molar-refractivity contribution in [1.82, 2.24) is 9.80 Å². The number of fused-ring (bicyclic) bond motifs is 4. The Balaban J connectivity index is 0.000000529. The molecular weight excluding hydrogens is 398 g/mol. The van der Waals surface area contributed by atoms with E-state index in [1.165, 1.54) is 14.2 Å².